The molecule has 1 saturated heterocycles. The Morgan fingerprint density at radius 3 is 2.65 bits per heavy atom. The third kappa shape index (κ3) is 3.39. The highest BCUT2D eigenvalue weighted by atomic mass is 16.3. The van der Waals surface area contributed by atoms with E-state index in [1.54, 1.807) is 30.9 Å². The zero-order valence-corrected chi connectivity index (χ0v) is 11.8. The van der Waals surface area contributed by atoms with Gasteiger partial charge in [-0.15, -0.1) is 0 Å². The second-order valence-electron chi connectivity index (χ2n) is 5.49. The molecule has 0 bridgehead atoms. The van der Waals surface area contributed by atoms with Gasteiger partial charge in [0.15, 0.2) is 5.76 Å². The number of hydrogen-bond acceptors (Lipinski definition) is 4. The normalized spacial score (nSPS) is 19.4. The van der Waals surface area contributed by atoms with Gasteiger partial charge in [-0.2, -0.15) is 0 Å². The Hall–Kier alpha value is -1.82. The summed E-state index contributed by atoms with van der Waals surface area (Å²) < 4.78 is 4.98. The van der Waals surface area contributed by atoms with Gasteiger partial charge in [0.05, 0.1) is 11.9 Å². The molecule has 2 N–H and O–H groups in total. The molecule has 1 atom stereocenters. The van der Waals surface area contributed by atoms with E-state index in [4.69, 9.17) is 4.42 Å². The van der Waals surface area contributed by atoms with Gasteiger partial charge in [0.2, 0.25) is 5.91 Å². The summed E-state index contributed by atoms with van der Waals surface area (Å²) in [6.45, 7) is 4.44. The number of nitrogens with zero attached hydrogens (tertiary/aromatic N) is 1. The van der Waals surface area contributed by atoms with E-state index in [2.05, 4.69) is 5.32 Å². The van der Waals surface area contributed by atoms with Crippen LogP contribution in [0.15, 0.2) is 22.8 Å². The third-order valence-corrected chi connectivity index (χ3v) is 3.62. The van der Waals surface area contributed by atoms with Crippen molar-refractivity contribution >= 4 is 11.8 Å². The first-order valence-corrected chi connectivity index (χ1v) is 6.74. The van der Waals surface area contributed by atoms with Crippen molar-refractivity contribution in [1.82, 2.24) is 10.2 Å². The van der Waals surface area contributed by atoms with Crippen molar-refractivity contribution < 1.29 is 19.1 Å². The van der Waals surface area contributed by atoms with Crippen LogP contribution in [0.5, 0.6) is 0 Å². The van der Waals surface area contributed by atoms with Crippen LogP contribution < -0.4 is 5.32 Å². The molecule has 110 valence electrons. The van der Waals surface area contributed by atoms with Crippen molar-refractivity contribution in [3.8, 4) is 0 Å². The number of likely N-dealkylation sites (tertiary alicyclic amines) is 1. The minimum Gasteiger partial charge on any atom is -0.459 e. The fraction of sp³-hybridized carbons (Fsp3) is 0.571. The van der Waals surface area contributed by atoms with E-state index in [1.807, 2.05) is 0 Å². The lowest BCUT2D eigenvalue weighted by molar-refractivity contribution is -0.136. The highest BCUT2D eigenvalue weighted by Gasteiger charge is 2.31. The molecular formula is C14H20N2O4. The van der Waals surface area contributed by atoms with Crippen molar-refractivity contribution in [2.75, 3.05) is 13.1 Å². The summed E-state index contributed by atoms with van der Waals surface area (Å²) in [5, 5.41) is 12.5. The Balaban J connectivity index is 1.88. The van der Waals surface area contributed by atoms with Gasteiger partial charge < -0.3 is 19.7 Å². The van der Waals surface area contributed by atoms with Gasteiger partial charge in [0.1, 0.15) is 6.04 Å². The molecule has 0 spiro atoms. The Morgan fingerprint density at radius 1 is 1.45 bits per heavy atom. The van der Waals surface area contributed by atoms with E-state index in [-0.39, 0.29) is 11.7 Å². The van der Waals surface area contributed by atoms with Crippen LogP contribution in [0, 0.1) is 0 Å². The number of aliphatic hydroxyl groups is 1. The predicted molar refractivity (Wildman–Crippen MR) is 72.1 cm³/mol. The number of furan rings is 1. The Bertz CT molecular complexity index is 471. The van der Waals surface area contributed by atoms with Crippen LogP contribution in [-0.2, 0) is 4.79 Å². The van der Waals surface area contributed by atoms with Crippen LogP contribution >= 0.6 is 0 Å². The molecule has 1 aliphatic rings. The quantitative estimate of drug-likeness (QED) is 0.856. The maximum Gasteiger partial charge on any atom is 0.287 e. The first-order valence-electron chi connectivity index (χ1n) is 6.74. The van der Waals surface area contributed by atoms with E-state index in [1.165, 1.54) is 6.26 Å². The van der Waals surface area contributed by atoms with Gasteiger partial charge in [0, 0.05) is 13.1 Å². The lowest BCUT2D eigenvalue weighted by Crippen LogP contribution is -2.51. The predicted octanol–water partition coefficient (Wildman–Crippen LogP) is 0.771. The molecule has 0 saturated carbocycles. The monoisotopic (exact) mass is 280 g/mol. The van der Waals surface area contributed by atoms with Crippen molar-refractivity contribution in [2.45, 2.75) is 38.3 Å². The topological polar surface area (TPSA) is 82.8 Å². The zero-order valence-electron chi connectivity index (χ0n) is 11.8. The van der Waals surface area contributed by atoms with E-state index < -0.39 is 17.6 Å². The zero-order chi connectivity index (χ0) is 14.8. The fourth-order valence-corrected chi connectivity index (χ4v) is 2.22. The first-order chi connectivity index (χ1) is 9.39. The summed E-state index contributed by atoms with van der Waals surface area (Å²) in [6, 6.07) is 2.55. The Kier molecular flexibility index (Phi) is 4.13. The van der Waals surface area contributed by atoms with Crippen LogP contribution in [-0.4, -0.2) is 46.6 Å². The molecule has 0 radical (unpaired) electrons. The van der Waals surface area contributed by atoms with Crippen molar-refractivity contribution in [2.24, 2.45) is 0 Å². The number of rotatable bonds is 3. The number of hydrogen-bond donors (Lipinski definition) is 2. The summed E-state index contributed by atoms with van der Waals surface area (Å²) in [4.78, 5) is 25.7. The van der Waals surface area contributed by atoms with E-state index in [9.17, 15) is 14.7 Å². The van der Waals surface area contributed by atoms with Gasteiger partial charge in [-0.25, -0.2) is 0 Å². The molecule has 6 heteroatoms. The highest BCUT2D eigenvalue weighted by Crippen LogP contribution is 2.21. The summed E-state index contributed by atoms with van der Waals surface area (Å²) in [6.07, 6.45) is 2.52. The van der Waals surface area contributed by atoms with Crippen molar-refractivity contribution in [3.05, 3.63) is 24.2 Å². The molecule has 1 unspecified atom stereocenters. The van der Waals surface area contributed by atoms with Gasteiger partial charge in [-0.3, -0.25) is 9.59 Å². The summed E-state index contributed by atoms with van der Waals surface area (Å²) in [5.74, 6) is -0.355. The molecule has 0 aromatic carbocycles. The Morgan fingerprint density at radius 2 is 2.10 bits per heavy atom. The minimum absolute atomic E-state index is 0.139. The SMILES string of the molecule is CC(NC(=O)c1ccco1)C(=O)N1CCC(C)(O)CC1. The Labute approximate surface area is 117 Å². The lowest BCUT2D eigenvalue weighted by Gasteiger charge is -2.36. The van der Waals surface area contributed by atoms with Crippen LogP contribution in [0.4, 0.5) is 0 Å². The number of carbonyl (C=O) groups excluding carboxylic acids is 2. The number of carbonyl (C=O) groups is 2. The van der Waals surface area contributed by atoms with Crippen LogP contribution in [0.1, 0.15) is 37.2 Å². The molecule has 2 amide bonds. The van der Waals surface area contributed by atoms with Crippen LogP contribution in [0.3, 0.4) is 0 Å². The smallest absolute Gasteiger partial charge is 0.287 e. The molecule has 2 rings (SSSR count). The summed E-state index contributed by atoms with van der Waals surface area (Å²) in [7, 11) is 0. The van der Waals surface area contributed by atoms with E-state index in [0.29, 0.717) is 25.9 Å². The largest absolute Gasteiger partial charge is 0.459 e. The van der Waals surface area contributed by atoms with Gasteiger partial charge >= 0.3 is 0 Å². The highest BCUT2D eigenvalue weighted by molar-refractivity contribution is 5.95. The molecule has 1 fully saturated rings. The van der Waals surface area contributed by atoms with E-state index >= 15 is 0 Å². The minimum atomic E-state index is -0.697. The maximum atomic E-state index is 12.2. The molecule has 2 heterocycles. The van der Waals surface area contributed by atoms with Crippen LogP contribution in [0.25, 0.3) is 0 Å². The van der Waals surface area contributed by atoms with Gasteiger partial charge in [-0.1, -0.05) is 0 Å². The summed E-state index contributed by atoms with van der Waals surface area (Å²) in [5.41, 5.74) is -0.697. The third-order valence-electron chi connectivity index (χ3n) is 3.62. The molecular weight excluding hydrogens is 260 g/mol. The first kappa shape index (κ1) is 14.6. The average Bonchev–Trinajstić information content (AvgIpc) is 2.91. The fourth-order valence-electron chi connectivity index (χ4n) is 2.22. The number of amides is 2. The average molecular weight is 280 g/mol. The second-order valence-corrected chi connectivity index (χ2v) is 5.49. The van der Waals surface area contributed by atoms with E-state index in [0.717, 1.165) is 0 Å². The van der Waals surface area contributed by atoms with Crippen molar-refractivity contribution in [3.63, 3.8) is 0 Å². The van der Waals surface area contributed by atoms with Crippen LogP contribution in [0.2, 0.25) is 0 Å². The number of nitrogens with one attached hydrogen (secondary N) is 1. The number of piperidine rings is 1. The lowest BCUT2D eigenvalue weighted by atomic mass is 9.93. The maximum absolute atomic E-state index is 12.2. The second kappa shape index (κ2) is 5.66. The molecule has 1 aromatic heterocycles. The molecule has 1 aliphatic heterocycles. The van der Waals surface area contributed by atoms with Crippen molar-refractivity contribution in [1.29, 1.82) is 0 Å². The standard InChI is InChI=1S/C14H20N2O4/c1-10(15-12(17)11-4-3-9-20-11)13(18)16-7-5-14(2,19)6-8-16/h3-4,9-10,19H,5-8H2,1-2H3,(H,15,17). The molecule has 1 aromatic rings. The molecule has 20 heavy (non-hydrogen) atoms. The molecule has 6 nitrogen and oxygen atoms in total. The summed E-state index contributed by atoms with van der Waals surface area (Å²) >= 11 is 0. The molecule has 0 aliphatic carbocycles. The van der Waals surface area contributed by atoms with Gasteiger partial charge in [0.25, 0.3) is 5.91 Å². The van der Waals surface area contributed by atoms with Gasteiger partial charge in [-0.05, 0) is 38.8 Å².